The average molecular weight is 232 g/mol. The Kier molecular flexibility index (Phi) is 4.99. The molecule has 0 radical (unpaired) electrons. The number of hydrogen-bond donors (Lipinski definition) is 1. The second kappa shape index (κ2) is 6.27. The van der Waals surface area contributed by atoms with Crippen molar-refractivity contribution in [1.29, 1.82) is 5.26 Å². The molecule has 0 aromatic heterocycles. The van der Waals surface area contributed by atoms with Crippen molar-refractivity contribution < 1.29 is 5.11 Å². The summed E-state index contributed by atoms with van der Waals surface area (Å²) in [5.41, 5.74) is 2.01. The molecule has 0 saturated carbocycles. The molecular weight excluding hydrogens is 212 g/mol. The van der Waals surface area contributed by atoms with Crippen LogP contribution in [0, 0.1) is 17.2 Å². The predicted octanol–water partition coefficient (Wildman–Crippen LogP) is 2.73. The van der Waals surface area contributed by atoms with E-state index in [-0.39, 0.29) is 5.92 Å². The van der Waals surface area contributed by atoms with Gasteiger partial charge in [-0.05, 0) is 38.5 Å². The normalized spacial score (nSPS) is 13.8. The van der Waals surface area contributed by atoms with Crippen LogP contribution in [0.3, 0.4) is 0 Å². The van der Waals surface area contributed by atoms with E-state index in [9.17, 15) is 5.11 Å². The van der Waals surface area contributed by atoms with Crippen LogP contribution in [-0.2, 0) is 0 Å². The number of nitriles is 1. The Labute approximate surface area is 103 Å². The highest BCUT2D eigenvalue weighted by atomic mass is 16.3. The Morgan fingerprint density at radius 1 is 1.29 bits per heavy atom. The van der Waals surface area contributed by atoms with Crippen molar-refractivity contribution >= 4 is 5.69 Å². The van der Waals surface area contributed by atoms with E-state index >= 15 is 0 Å². The molecule has 0 aliphatic rings. The Hall–Kier alpha value is -1.53. The van der Waals surface area contributed by atoms with Gasteiger partial charge in [-0.15, -0.1) is 0 Å². The van der Waals surface area contributed by atoms with Crippen LogP contribution < -0.4 is 4.90 Å². The second-order valence-corrected chi connectivity index (χ2v) is 4.34. The zero-order chi connectivity index (χ0) is 12.8. The minimum atomic E-state index is -0.433. The number of aliphatic hydroxyl groups excluding tert-OH is 1. The van der Waals surface area contributed by atoms with Gasteiger partial charge in [-0.2, -0.15) is 5.26 Å². The number of anilines is 1. The van der Waals surface area contributed by atoms with Gasteiger partial charge in [0.05, 0.1) is 18.1 Å². The molecule has 0 saturated heterocycles. The van der Waals surface area contributed by atoms with Crippen molar-refractivity contribution in [2.24, 2.45) is 5.92 Å². The van der Waals surface area contributed by atoms with Gasteiger partial charge in [0, 0.05) is 18.8 Å². The Morgan fingerprint density at radius 2 is 1.88 bits per heavy atom. The standard InChI is InChI=1S/C14H20N2O/c1-4-16(10-11(2)9-15)14-7-5-13(6-8-14)12(3)17/h5-8,11-12,17H,4,10H2,1-3H3/t11?,12-/m1/s1. The van der Waals surface area contributed by atoms with Crippen LogP contribution in [0.15, 0.2) is 24.3 Å². The molecular formula is C14H20N2O. The number of benzene rings is 1. The van der Waals surface area contributed by atoms with Gasteiger partial charge in [0.15, 0.2) is 0 Å². The molecule has 0 fully saturated rings. The summed E-state index contributed by atoms with van der Waals surface area (Å²) in [7, 11) is 0. The third-order valence-electron chi connectivity index (χ3n) is 2.84. The van der Waals surface area contributed by atoms with Gasteiger partial charge in [-0.3, -0.25) is 0 Å². The van der Waals surface area contributed by atoms with Crippen LogP contribution >= 0.6 is 0 Å². The largest absolute Gasteiger partial charge is 0.389 e. The van der Waals surface area contributed by atoms with Crippen LogP contribution in [0.4, 0.5) is 5.69 Å². The molecule has 92 valence electrons. The third kappa shape index (κ3) is 3.76. The minimum Gasteiger partial charge on any atom is -0.389 e. The number of aliphatic hydroxyl groups is 1. The predicted molar refractivity (Wildman–Crippen MR) is 69.7 cm³/mol. The van der Waals surface area contributed by atoms with E-state index < -0.39 is 6.10 Å². The number of rotatable bonds is 5. The van der Waals surface area contributed by atoms with Crippen molar-refractivity contribution in [2.75, 3.05) is 18.0 Å². The highest BCUT2D eigenvalue weighted by Crippen LogP contribution is 2.19. The van der Waals surface area contributed by atoms with E-state index in [4.69, 9.17) is 5.26 Å². The van der Waals surface area contributed by atoms with Crippen molar-refractivity contribution in [3.05, 3.63) is 29.8 Å². The number of nitrogens with zero attached hydrogens (tertiary/aromatic N) is 2. The van der Waals surface area contributed by atoms with Crippen molar-refractivity contribution in [2.45, 2.75) is 26.9 Å². The van der Waals surface area contributed by atoms with Crippen molar-refractivity contribution in [3.8, 4) is 6.07 Å². The summed E-state index contributed by atoms with van der Waals surface area (Å²) < 4.78 is 0. The topological polar surface area (TPSA) is 47.3 Å². The fraction of sp³-hybridized carbons (Fsp3) is 0.500. The quantitative estimate of drug-likeness (QED) is 0.849. The Morgan fingerprint density at radius 3 is 2.29 bits per heavy atom. The number of hydrogen-bond acceptors (Lipinski definition) is 3. The highest BCUT2D eigenvalue weighted by molar-refractivity contribution is 5.48. The van der Waals surface area contributed by atoms with Crippen LogP contribution in [0.1, 0.15) is 32.4 Å². The van der Waals surface area contributed by atoms with Gasteiger partial charge in [0.2, 0.25) is 0 Å². The second-order valence-electron chi connectivity index (χ2n) is 4.34. The SMILES string of the molecule is CCN(CC(C)C#N)c1ccc([C@@H](C)O)cc1. The lowest BCUT2D eigenvalue weighted by atomic mass is 10.1. The summed E-state index contributed by atoms with van der Waals surface area (Å²) in [5, 5.41) is 18.3. The summed E-state index contributed by atoms with van der Waals surface area (Å²) in [4.78, 5) is 2.17. The average Bonchev–Trinajstić information content (AvgIpc) is 2.35. The molecule has 0 aliphatic heterocycles. The molecule has 17 heavy (non-hydrogen) atoms. The van der Waals surface area contributed by atoms with Gasteiger partial charge in [-0.1, -0.05) is 12.1 Å². The molecule has 2 atom stereocenters. The van der Waals surface area contributed by atoms with Crippen LogP contribution in [0.2, 0.25) is 0 Å². The summed E-state index contributed by atoms with van der Waals surface area (Å²) in [6.45, 7) is 7.37. The summed E-state index contributed by atoms with van der Waals surface area (Å²) >= 11 is 0. The summed E-state index contributed by atoms with van der Waals surface area (Å²) in [6.07, 6.45) is -0.433. The first-order chi connectivity index (χ1) is 8.08. The van der Waals surface area contributed by atoms with Gasteiger partial charge in [0.25, 0.3) is 0 Å². The molecule has 3 nitrogen and oxygen atoms in total. The maximum Gasteiger partial charge on any atom is 0.0761 e. The lowest BCUT2D eigenvalue weighted by Crippen LogP contribution is -2.27. The minimum absolute atomic E-state index is 0.0198. The first-order valence-corrected chi connectivity index (χ1v) is 6.01. The Bertz CT molecular complexity index is 378. The van der Waals surface area contributed by atoms with E-state index in [1.165, 1.54) is 0 Å². The van der Waals surface area contributed by atoms with E-state index in [1.807, 2.05) is 31.2 Å². The maximum absolute atomic E-state index is 9.44. The zero-order valence-electron chi connectivity index (χ0n) is 10.7. The van der Waals surface area contributed by atoms with Gasteiger partial charge in [-0.25, -0.2) is 0 Å². The van der Waals surface area contributed by atoms with Crippen LogP contribution in [0.5, 0.6) is 0 Å². The van der Waals surface area contributed by atoms with Gasteiger partial charge < -0.3 is 10.0 Å². The van der Waals surface area contributed by atoms with Gasteiger partial charge in [0.1, 0.15) is 0 Å². The van der Waals surface area contributed by atoms with Crippen molar-refractivity contribution in [1.82, 2.24) is 0 Å². The molecule has 0 aliphatic carbocycles. The lowest BCUT2D eigenvalue weighted by Gasteiger charge is -2.24. The van der Waals surface area contributed by atoms with Crippen LogP contribution in [0.25, 0.3) is 0 Å². The first-order valence-electron chi connectivity index (χ1n) is 6.01. The molecule has 1 unspecified atom stereocenters. The molecule has 1 N–H and O–H groups in total. The molecule has 0 amide bonds. The smallest absolute Gasteiger partial charge is 0.0761 e. The third-order valence-corrected chi connectivity index (χ3v) is 2.84. The maximum atomic E-state index is 9.44. The molecule has 0 bridgehead atoms. The summed E-state index contributed by atoms with van der Waals surface area (Å²) in [5.74, 6) is 0.0198. The first kappa shape index (κ1) is 13.5. The molecule has 1 aromatic carbocycles. The Balaban J connectivity index is 2.79. The van der Waals surface area contributed by atoms with E-state index in [2.05, 4.69) is 17.9 Å². The van der Waals surface area contributed by atoms with Crippen LogP contribution in [-0.4, -0.2) is 18.2 Å². The monoisotopic (exact) mass is 232 g/mol. The summed E-state index contributed by atoms with van der Waals surface area (Å²) in [6, 6.07) is 10.1. The molecule has 1 rings (SSSR count). The molecule has 0 spiro atoms. The fourth-order valence-corrected chi connectivity index (χ4v) is 1.75. The molecule has 0 heterocycles. The fourth-order valence-electron chi connectivity index (χ4n) is 1.75. The zero-order valence-corrected chi connectivity index (χ0v) is 10.7. The van der Waals surface area contributed by atoms with Gasteiger partial charge >= 0.3 is 0 Å². The molecule has 1 aromatic rings. The van der Waals surface area contributed by atoms with Crippen molar-refractivity contribution in [3.63, 3.8) is 0 Å². The van der Waals surface area contributed by atoms with E-state index in [0.29, 0.717) is 0 Å². The van der Waals surface area contributed by atoms with E-state index in [1.54, 1.807) is 6.92 Å². The van der Waals surface area contributed by atoms with E-state index in [0.717, 1.165) is 24.3 Å². The lowest BCUT2D eigenvalue weighted by molar-refractivity contribution is 0.199. The molecule has 3 heteroatoms. The highest BCUT2D eigenvalue weighted by Gasteiger charge is 2.09.